The normalized spacial score (nSPS) is 19.6. The number of morpholine rings is 1. The van der Waals surface area contributed by atoms with Crippen molar-refractivity contribution in [1.29, 1.82) is 0 Å². The number of rotatable bonds is 8. The Labute approximate surface area is 222 Å². The van der Waals surface area contributed by atoms with Crippen molar-refractivity contribution in [2.24, 2.45) is 0 Å². The van der Waals surface area contributed by atoms with Crippen molar-refractivity contribution in [1.82, 2.24) is 14.8 Å². The minimum Gasteiger partial charge on any atom is -0.507 e. The predicted molar refractivity (Wildman–Crippen MR) is 142 cm³/mol. The zero-order chi connectivity index (χ0) is 26.5. The summed E-state index contributed by atoms with van der Waals surface area (Å²) >= 11 is 0. The Kier molecular flexibility index (Phi) is 7.81. The highest BCUT2D eigenvalue weighted by atomic mass is 16.5. The first-order valence-corrected chi connectivity index (χ1v) is 12.8. The molecule has 3 aromatic rings. The molecule has 0 aliphatic carbocycles. The van der Waals surface area contributed by atoms with E-state index in [1.165, 1.54) is 0 Å². The van der Waals surface area contributed by atoms with Crippen LogP contribution in [0.3, 0.4) is 0 Å². The largest absolute Gasteiger partial charge is 0.507 e. The average Bonchev–Trinajstić information content (AvgIpc) is 3.21. The van der Waals surface area contributed by atoms with Crippen molar-refractivity contribution >= 4 is 17.4 Å². The summed E-state index contributed by atoms with van der Waals surface area (Å²) in [6, 6.07) is 17.8. The molecule has 1 N–H and O–H groups in total. The van der Waals surface area contributed by atoms with Crippen LogP contribution in [0.5, 0.6) is 5.75 Å². The van der Waals surface area contributed by atoms with Gasteiger partial charge in [0.15, 0.2) is 0 Å². The van der Waals surface area contributed by atoms with E-state index in [2.05, 4.69) is 16.0 Å². The number of aliphatic hydroxyl groups is 1. The SMILES string of the molecule is Cc1cccc(COc2ccc(/C(O)=C3\C(=O)C(=O)N(CCN4CCOCC4)C3c3ccncc3)cc2)c1. The zero-order valence-corrected chi connectivity index (χ0v) is 21.4. The predicted octanol–water partition coefficient (Wildman–Crippen LogP) is 3.72. The van der Waals surface area contributed by atoms with E-state index in [-0.39, 0.29) is 11.3 Å². The van der Waals surface area contributed by atoms with Crippen LogP contribution in [0.4, 0.5) is 0 Å². The van der Waals surface area contributed by atoms with Crippen LogP contribution in [0.1, 0.15) is 28.3 Å². The average molecular weight is 514 g/mol. The minimum absolute atomic E-state index is 0.0802. The van der Waals surface area contributed by atoms with Crippen molar-refractivity contribution < 1.29 is 24.2 Å². The van der Waals surface area contributed by atoms with E-state index < -0.39 is 17.7 Å². The molecule has 1 atom stereocenters. The lowest BCUT2D eigenvalue weighted by Gasteiger charge is -2.30. The fourth-order valence-electron chi connectivity index (χ4n) is 4.91. The number of aryl methyl sites for hydroxylation is 1. The van der Waals surface area contributed by atoms with Crippen LogP contribution < -0.4 is 4.74 Å². The number of benzene rings is 2. The molecule has 2 saturated heterocycles. The maximum atomic E-state index is 13.2. The summed E-state index contributed by atoms with van der Waals surface area (Å²) in [5.74, 6) is -0.866. The second-order valence-electron chi connectivity index (χ2n) is 9.53. The van der Waals surface area contributed by atoms with E-state index in [0.29, 0.717) is 44.2 Å². The molecule has 196 valence electrons. The van der Waals surface area contributed by atoms with Gasteiger partial charge in [0.1, 0.15) is 18.1 Å². The number of likely N-dealkylation sites (tertiary alicyclic amines) is 1. The van der Waals surface area contributed by atoms with Gasteiger partial charge in [-0.15, -0.1) is 0 Å². The van der Waals surface area contributed by atoms with Crippen LogP contribution in [0.2, 0.25) is 0 Å². The lowest BCUT2D eigenvalue weighted by atomic mass is 9.96. The smallest absolute Gasteiger partial charge is 0.295 e. The molecule has 1 aromatic heterocycles. The lowest BCUT2D eigenvalue weighted by Crippen LogP contribution is -2.42. The number of carbonyl (C=O) groups is 2. The molecule has 1 unspecified atom stereocenters. The molecular weight excluding hydrogens is 482 g/mol. The Balaban J connectivity index is 1.39. The lowest BCUT2D eigenvalue weighted by molar-refractivity contribution is -0.140. The molecule has 8 heteroatoms. The molecule has 5 rings (SSSR count). The van der Waals surface area contributed by atoms with E-state index in [4.69, 9.17) is 9.47 Å². The molecule has 3 heterocycles. The molecule has 8 nitrogen and oxygen atoms in total. The summed E-state index contributed by atoms with van der Waals surface area (Å²) in [5, 5.41) is 11.3. The molecule has 0 bridgehead atoms. The van der Waals surface area contributed by atoms with Gasteiger partial charge in [-0.25, -0.2) is 0 Å². The third-order valence-corrected chi connectivity index (χ3v) is 6.94. The van der Waals surface area contributed by atoms with E-state index in [0.717, 1.165) is 29.8 Å². The Morgan fingerprint density at radius 3 is 2.47 bits per heavy atom. The van der Waals surface area contributed by atoms with Gasteiger partial charge >= 0.3 is 0 Å². The molecule has 2 aliphatic heterocycles. The van der Waals surface area contributed by atoms with Crippen LogP contribution >= 0.6 is 0 Å². The van der Waals surface area contributed by atoms with Crippen LogP contribution in [0, 0.1) is 6.92 Å². The van der Waals surface area contributed by atoms with Gasteiger partial charge in [-0.05, 0) is 54.4 Å². The van der Waals surface area contributed by atoms with Crippen LogP contribution in [0.15, 0.2) is 78.6 Å². The number of pyridine rings is 1. The summed E-state index contributed by atoms with van der Waals surface area (Å²) in [5.41, 5.74) is 3.47. The fourth-order valence-corrected chi connectivity index (χ4v) is 4.91. The number of amides is 1. The number of carbonyl (C=O) groups excluding carboxylic acids is 2. The molecule has 0 saturated carbocycles. The van der Waals surface area contributed by atoms with E-state index in [9.17, 15) is 14.7 Å². The van der Waals surface area contributed by atoms with E-state index in [1.54, 1.807) is 53.7 Å². The number of hydrogen-bond acceptors (Lipinski definition) is 7. The monoisotopic (exact) mass is 513 g/mol. The summed E-state index contributed by atoms with van der Waals surface area (Å²) in [6.07, 6.45) is 3.25. The Morgan fingerprint density at radius 2 is 1.76 bits per heavy atom. The molecular formula is C30H31N3O5. The first kappa shape index (κ1) is 25.6. The highest BCUT2D eigenvalue weighted by molar-refractivity contribution is 6.46. The molecule has 2 aliphatic rings. The number of ether oxygens (including phenoxy) is 2. The number of ketones is 1. The van der Waals surface area contributed by atoms with Crippen LogP contribution in [0.25, 0.3) is 5.76 Å². The molecule has 0 radical (unpaired) electrons. The van der Waals surface area contributed by atoms with Crippen molar-refractivity contribution in [3.8, 4) is 5.75 Å². The van der Waals surface area contributed by atoms with E-state index >= 15 is 0 Å². The van der Waals surface area contributed by atoms with Gasteiger partial charge < -0.3 is 19.5 Å². The number of Topliss-reactive ketones (excluding diaryl/α,β-unsaturated/α-hetero) is 1. The Morgan fingerprint density at radius 1 is 1.03 bits per heavy atom. The van der Waals surface area contributed by atoms with Crippen molar-refractivity contribution in [2.75, 3.05) is 39.4 Å². The molecule has 38 heavy (non-hydrogen) atoms. The summed E-state index contributed by atoms with van der Waals surface area (Å²) in [4.78, 5) is 34.2. The highest BCUT2D eigenvalue weighted by Crippen LogP contribution is 2.39. The third kappa shape index (κ3) is 5.61. The Bertz CT molecular complexity index is 1320. The molecule has 0 spiro atoms. The first-order valence-electron chi connectivity index (χ1n) is 12.8. The van der Waals surface area contributed by atoms with Gasteiger partial charge in [0.2, 0.25) is 0 Å². The number of aromatic nitrogens is 1. The summed E-state index contributed by atoms with van der Waals surface area (Å²) in [7, 11) is 0. The van der Waals surface area contributed by atoms with Crippen LogP contribution in [-0.4, -0.2) is 71.0 Å². The maximum Gasteiger partial charge on any atom is 0.295 e. The van der Waals surface area contributed by atoms with Gasteiger partial charge in [0, 0.05) is 44.1 Å². The van der Waals surface area contributed by atoms with Gasteiger partial charge in [0.25, 0.3) is 11.7 Å². The molecule has 2 aromatic carbocycles. The highest BCUT2D eigenvalue weighted by Gasteiger charge is 2.46. The topological polar surface area (TPSA) is 92.2 Å². The number of nitrogens with zero attached hydrogens (tertiary/aromatic N) is 3. The first-order chi connectivity index (χ1) is 18.5. The summed E-state index contributed by atoms with van der Waals surface area (Å²) in [6.45, 7) is 6.29. The quantitative estimate of drug-likeness (QED) is 0.279. The number of hydrogen-bond donors (Lipinski definition) is 1. The van der Waals surface area contributed by atoms with Crippen molar-refractivity contribution in [2.45, 2.75) is 19.6 Å². The van der Waals surface area contributed by atoms with Crippen molar-refractivity contribution in [3.63, 3.8) is 0 Å². The second kappa shape index (κ2) is 11.6. The molecule has 2 fully saturated rings. The van der Waals surface area contributed by atoms with Gasteiger partial charge in [-0.1, -0.05) is 29.8 Å². The van der Waals surface area contributed by atoms with Gasteiger partial charge in [-0.2, -0.15) is 0 Å². The summed E-state index contributed by atoms with van der Waals surface area (Å²) < 4.78 is 11.3. The van der Waals surface area contributed by atoms with Gasteiger partial charge in [0.05, 0.1) is 24.8 Å². The third-order valence-electron chi connectivity index (χ3n) is 6.94. The number of aliphatic hydroxyl groups excluding tert-OH is 1. The van der Waals surface area contributed by atoms with Crippen LogP contribution in [-0.2, 0) is 20.9 Å². The second-order valence-corrected chi connectivity index (χ2v) is 9.53. The molecule has 1 amide bonds. The standard InChI is InChI=1S/C30H31N3O5/c1-21-3-2-4-22(19-21)20-38-25-7-5-24(6-8-25)28(34)26-27(23-9-11-31-12-10-23)33(30(36)29(26)35)14-13-32-15-17-37-18-16-32/h2-12,19,27,34H,13-18,20H2,1H3/b28-26+. The zero-order valence-electron chi connectivity index (χ0n) is 21.4. The van der Waals surface area contributed by atoms with Crippen molar-refractivity contribution in [3.05, 3.63) is 101 Å². The Hall–Kier alpha value is -4.01. The maximum absolute atomic E-state index is 13.2. The van der Waals surface area contributed by atoms with Gasteiger partial charge in [-0.3, -0.25) is 19.5 Å². The fraction of sp³-hybridized carbons (Fsp3) is 0.300. The minimum atomic E-state index is -0.698. The van der Waals surface area contributed by atoms with E-state index in [1.807, 2.05) is 25.1 Å².